The van der Waals surface area contributed by atoms with E-state index >= 15 is 0 Å². The number of nitrogens with one attached hydrogen (secondary N) is 2. The highest BCUT2D eigenvalue weighted by Gasteiger charge is 2.10. The van der Waals surface area contributed by atoms with Crippen molar-refractivity contribution in [2.45, 2.75) is 12.8 Å². The molecule has 3 aromatic rings. The van der Waals surface area contributed by atoms with E-state index in [1.165, 1.54) is 0 Å². The standard InChI is InChI=1S/C23H22N2O4/c26-21(15-17-7-2-1-3-8-17)24-14-13-23(28)29-16-22(27)25-20-12-6-10-18-9-4-5-11-19(18)20/h1-12H,13-16H2,(H,24,26)(H,25,27). The molecule has 6 heteroatoms. The number of anilines is 1. The normalized spacial score (nSPS) is 10.3. The third-order valence-electron chi connectivity index (χ3n) is 4.29. The Morgan fingerprint density at radius 2 is 1.52 bits per heavy atom. The molecular formula is C23H22N2O4. The molecule has 0 unspecified atom stereocenters. The summed E-state index contributed by atoms with van der Waals surface area (Å²) in [6.07, 6.45) is 0.255. The van der Waals surface area contributed by atoms with Gasteiger partial charge in [0.2, 0.25) is 5.91 Å². The lowest BCUT2D eigenvalue weighted by Gasteiger charge is -2.09. The van der Waals surface area contributed by atoms with E-state index < -0.39 is 11.9 Å². The Balaban J connectivity index is 1.38. The second kappa shape index (κ2) is 10.0. The molecule has 0 saturated carbocycles. The number of ether oxygens (including phenoxy) is 1. The topological polar surface area (TPSA) is 84.5 Å². The Kier molecular flexibility index (Phi) is 6.95. The maximum atomic E-state index is 12.1. The first-order chi connectivity index (χ1) is 14.1. The molecule has 0 aliphatic rings. The maximum absolute atomic E-state index is 12.1. The predicted octanol–water partition coefficient (Wildman–Crippen LogP) is 3.07. The van der Waals surface area contributed by atoms with E-state index in [1.54, 1.807) is 6.07 Å². The number of hydrogen-bond acceptors (Lipinski definition) is 4. The van der Waals surface area contributed by atoms with Gasteiger partial charge in [-0.15, -0.1) is 0 Å². The van der Waals surface area contributed by atoms with Crippen LogP contribution in [0.3, 0.4) is 0 Å². The molecule has 0 heterocycles. The first kappa shape index (κ1) is 20.1. The summed E-state index contributed by atoms with van der Waals surface area (Å²) in [7, 11) is 0. The van der Waals surface area contributed by atoms with Crippen molar-refractivity contribution in [3.05, 3.63) is 78.4 Å². The number of benzene rings is 3. The average Bonchev–Trinajstić information content (AvgIpc) is 2.73. The zero-order valence-corrected chi connectivity index (χ0v) is 15.9. The van der Waals surface area contributed by atoms with Crippen LogP contribution in [0.5, 0.6) is 0 Å². The second-order valence-corrected chi connectivity index (χ2v) is 6.50. The Labute approximate surface area is 168 Å². The Bertz CT molecular complexity index is 997. The van der Waals surface area contributed by atoms with Crippen molar-refractivity contribution in [2.75, 3.05) is 18.5 Å². The zero-order chi connectivity index (χ0) is 20.5. The highest BCUT2D eigenvalue weighted by molar-refractivity contribution is 6.02. The summed E-state index contributed by atoms with van der Waals surface area (Å²) in [5.74, 6) is -1.13. The maximum Gasteiger partial charge on any atom is 0.308 e. The van der Waals surface area contributed by atoms with Crippen LogP contribution in [0, 0.1) is 0 Å². The number of rotatable bonds is 8. The molecule has 148 valence electrons. The van der Waals surface area contributed by atoms with E-state index in [2.05, 4.69) is 10.6 Å². The largest absolute Gasteiger partial charge is 0.456 e. The highest BCUT2D eigenvalue weighted by Crippen LogP contribution is 2.22. The van der Waals surface area contributed by atoms with Crippen LogP contribution in [-0.2, 0) is 25.5 Å². The van der Waals surface area contributed by atoms with E-state index in [4.69, 9.17) is 4.74 Å². The van der Waals surface area contributed by atoms with Gasteiger partial charge < -0.3 is 15.4 Å². The van der Waals surface area contributed by atoms with Gasteiger partial charge in [0.05, 0.1) is 12.8 Å². The summed E-state index contributed by atoms with van der Waals surface area (Å²) < 4.78 is 4.99. The number of hydrogen-bond donors (Lipinski definition) is 2. The van der Waals surface area contributed by atoms with Crippen LogP contribution in [0.15, 0.2) is 72.8 Å². The summed E-state index contributed by atoms with van der Waals surface area (Å²) in [5, 5.41) is 7.35. The summed E-state index contributed by atoms with van der Waals surface area (Å²) in [4.78, 5) is 35.7. The van der Waals surface area contributed by atoms with Crippen LogP contribution in [0.4, 0.5) is 5.69 Å². The van der Waals surface area contributed by atoms with Crippen molar-refractivity contribution >= 4 is 34.2 Å². The smallest absolute Gasteiger partial charge is 0.308 e. The SMILES string of the molecule is O=C(Cc1ccccc1)NCCC(=O)OCC(=O)Nc1cccc2ccccc12. The molecular weight excluding hydrogens is 368 g/mol. The van der Waals surface area contributed by atoms with Gasteiger partial charge in [0.25, 0.3) is 5.91 Å². The van der Waals surface area contributed by atoms with Crippen LogP contribution in [0.2, 0.25) is 0 Å². The molecule has 0 fully saturated rings. The minimum absolute atomic E-state index is 0.00206. The molecule has 29 heavy (non-hydrogen) atoms. The van der Waals surface area contributed by atoms with Crippen LogP contribution in [0.25, 0.3) is 10.8 Å². The summed E-state index contributed by atoms with van der Waals surface area (Å²) in [6.45, 7) is -0.213. The summed E-state index contributed by atoms with van der Waals surface area (Å²) in [5.41, 5.74) is 1.56. The zero-order valence-electron chi connectivity index (χ0n) is 15.9. The van der Waals surface area contributed by atoms with Gasteiger partial charge in [-0.05, 0) is 17.0 Å². The number of carbonyl (C=O) groups excluding carboxylic acids is 3. The summed E-state index contributed by atoms with van der Waals surface area (Å²) >= 11 is 0. The predicted molar refractivity (Wildman–Crippen MR) is 111 cm³/mol. The highest BCUT2D eigenvalue weighted by atomic mass is 16.5. The number of carbonyl (C=O) groups is 3. The van der Waals surface area contributed by atoms with Crippen molar-refractivity contribution in [1.29, 1.82) is 0 Å². The van der Waals surface area contributed by atoms with Gasteiger partial charge in [0.15, 0.2) is 6.61 Å². The van der Waals surface area contributed by atoms with Crippen LogP contribution >= 0.6 is 0 Å². The molecule has 0 radical (unpaired) electrons. The van der Waals surface area contributed by atoms with Gasteiger partial charge in [-0.25, -0.2) is 0 Å². The lowest BCUT2D eigenvalue weighted by molar-refractivity contribution is -0.147. The molecule has 0 saturated heterocycles. The van der Waals surface area contributed by atoms with Gasteiger partial charge in [-0.1, -0.05) is 66.7 Å². The first-order valence-electron chi connectivity index (χ1n) is 9.35. The monoisotopic (exact) mass is 390 g/mol. The summed E-state index contributed by atoms with van der Waals surface area (Å²) in [6, 6.07) is 22.6. The van der Waals surface area contributed by atoms with Crippen molar-refractivity contribution in [1.82, 2.24) is 5.32 Å². The van der Waals surface area contributed by atoms with Crippen molar-refractivity contribution in [2.24, 2.45) is 0 Å². The molecule has 0 aliphatic heterocycles. The minimum atomic E-state index is -0.543. The third-order valence-corrected chi connectivity index (χ3v) is 4.29. The molecule has 3 rings (SSSR count). The lowest BCUT2D eigenvalue weighted by Crippen LogP contribution is -2.28. The van der Waals surface area contributed by atoms with Crippen LogP contribution in [-0.4, -0.2) is 30.9 Å². The van der Waals surface area contributed by atoms with Crippen LogP contribution in [0.1, 0.15) is 12.0 Å². The quantitative estimate of drug-likeness (QED) is 0.579. The van der Waals surface area contributed by atoms with Gasteiger partial charge in [0, 0.05) is 17.6 Å². The van der Waals surface area contributed by atoms with Crippen molar-refractivity contribution < 1.29 is 19.1 Å². The molecule has 0 aromatic heterocycles. The van der Waals surface area contributed by atoms with Crippen LogP contribution < -0.4 is 10.6 Å². The first-order valence-corrected chi connectivity index (χ1v) is 9.35. The molecule has 2 N–H and O–H groups in total. The Morgan fingerprint density at radius 1 is 0.793 bits per heavy atom. The molecule has 3 aromatic carbocycles. The van der Waals surface area contributed by atoms with Crippen molar-refractivity contribution in [3.63, 3.8) is 0 Å². The minimum Gasteiger partial charge on any atom is -0.456 e. The number of fused-ring (bicyclic) bond motifs is 1. The van der Waals surface area contributed by atoms with Gasteiger partial charge >= 0.3 is 5.97 Å². The second-order valence-electron chi connectivity index (χ2n) is 6.50. The van der Waals surface area contributed by atoms with Gasteiger partial charge in [-0.3, -0.25) is 14.4 Å². The lowest BCUT2D eigenvalue weighted by atomic mass is 10.1. The van der Waals surface area contributed by atoms with Gasteiger partial charge in [0.1, 0.15) is 0 Å². The van der Waals surface area contributed by atoms with E-state index in [0.717, 1.165) is 16.3 Å². The number of esters is 1. The Morgan fingerprint density at radius 3 is 2.34 bits per heavy atom. The molecule has 0 aliphatic carbocycles. The molecule has 0 bridgehead atoms. The fourth-order valence-corrected chi connectivity index (χ4v) is 2.89. The fraction of sp³-hybridized carbons (Fsp3) is 0.174. The number of amides is 2. The average molecular weight is 390 g/mol. The van der Waals surface area contributed by atoms with E-state index in [1.807, 2.05) is 66.7 Å². The molecule has 0 spiro atoms. The molecule has 2 amide bonds. The molecule has 6 nitrogen and oxygen atoms in total. The van der Waals surface area contributed by atoms with Crippen molar-refractivity contribution in [3.8, 4) is 0 Å². The van der Waals surface area contributed by atoms with E-state index in [9.17, 15) is 14.4 Å². The molecule has 0 atom stereocenters. The third kappa shape index (κ3) is 6.17. The van der Waals surface area contributed by atoms with E-state index in [-0.39, 0.29) is 31.9 Å². The Hall–Kier alpha value is -3.67. The van der Waals surface area contributed by atoms with Gasteiger partial charge in [-0.2, -0.15) is 0 Å². The fourth-order valence-electron chi connectivity index (χ4n) is 2.89. The van der Waals surface area contributed by atoms with E-state index in [0.29, 0.717) is 5.69 Å².